The predicted molar refractivity (Wildman–Crippen MR) is 216 cm³/mol. The lowest BCUT2D eigenvalue weighted by Gasteiger charge is -2.45. The second-order valence-corrected chi connectivity index (χ2v) is 14.2. The number of rotatable bonds is 5. The van der Waals surface area contributed by atoms with Gasteiger partial charge in [0.15, 0.2) is 11.5 Å². The summed E-state index contributed by atoms with van der Waals surface area (Å²) in [5, 5.41) is 2.45. The van der Waals surface area contributed by atoms with Crippen molar-refractivity contribution in [1.29, 1.82) is 0 Å². The van der Waals surface area contributed by atoms with Gasteiger partial charge in [0.1, 0.15) is 0 Å². The number of anilines is 6. The smallest absolute Gasteiger partial charge is 0.151 e. The summed E-state index contributed by atoms with van der Waals surface area (Å²) < 4.78 is 6.42. The molecule has 0 saturated carbocycles. The lowest BCUT2D eigenvalue weighted by atomic mass is 9.72. The van der Waals surface area contributed by atoms with Crippen molar-refractivity contribution >= 4 is 44.9 Å². The molecule has 0 atom stereocenters. The van der Waals surface area contributed by atoms with Crippen LogP contribution in [0, 0.1) is 0 Å². The molecule has 2 heterocycles. The largest absolute Gasteiger partial charge is 0.453 e. The van der Waals surface area contributed by atoms with Crippen LogP contribution in [0.4, 0.5) is 34.1 Å². The Balaban J connectivity index is 1.05. The predicted octanol–water partition coefficient (Wildman–Crippen LogP) is 13.9. The Morgan fingerprint density at radius 2 is 1.02 bits per heavy atom. The summed E-state index contributed by atoms with van der Waals surface area (Å²) in [4.78, 5) is 4.74. The minimum atomic E-state index is -0.221. The van der Waals surface area contributed by atoms with E-state index < -0.39 is 0 Å². The van der Waals surface area contributed by atoms with Crippen molar-refractivity contribution in [2.75, 3.05) is 9.80 Å². The molecule has 3 nitrogen and oxygen atoms in total. The first-order valence-corrected chi connectivity index (χ1v) is 17.9. The Kier molecular flexibility index (Phi) is 6.84. The van der Waals surface area contributed by atoms with Crippen molar-refractivity contribution in [2.24, 2.45) is 0 Å². The van der Waals surface area contributed by atoms with Crippen LogP contribution in [0.25, 0.3) is 33.0 Å². The molecular formula is C49H36N2O. The van der Waals surface area contributed by atoms with Gasteiger partial charge in [0.2, 0.25) is 0 Å². The van der Waals surface area contributed by atoms with E-state index in [0.717, 1.165) is 39.9 Å². The van der Waals surface area contributed by atoms with Crippen LogP contribution in [0.3, 0.4) is 0 Å². The summed E-state index contributed by atoms with van der Waals surface area (Å²) in [6, 6.07) is 65.5. The average Bonchev–Trinajstić information content (AvgIpc) is 3.20. The lowest BCUT2D eigenvalue weighted by molar-refractivity contribution is 0.471. The summed E-state index contributed by atoms with van der Waals surface area (Å²) in [5.41, 5.74) is 13.9. The molecule has 0 saturated heterocycles. The third-order valence-corrected chi connectivity index (χ3v) is 10.8. The molecule has 52 heavy (non-hydrogen) atoms. The van der Waals surface area contributed by atoms with Gasteiger partial charge in [-0.25, -0.2) is 0 Å². The standard InChI is InChI=1S/C49H36N2O/c1-49(2)42-15-10-18-47-48(42)51(45-16-8-9-17-46(45)52-47)44-30-24-38(32-43(44)49)36-21-27-40(28-22-36)50(41-29-23-34-13-6-7-14-37(34)31-41)39-25-19-35(20-26-39)33-11-4-3-5-12-33/h3-32H,1-2H3. The third-order valence-electron chi connectivity index (χ3n) is 10.8. The van der Waals surface area contributed by atoms with Crippen molar-refractivity contribution in [2.45, 2.75) is 19.3 Å². The molecule has 8 aromatic rings. The SMILES string of the molecule is CC1(C)c2cc(-c3ccc(N(c4ccc(-c5ccccc5)cc4)c4ccc5ccccc5c4)cc3)ccc2N2c3ccccc3Oc3cccc1c32. The van der Waals surface area contributed by atoms with Crippen LogP contribution in [-0.4, -0.2) is 0 Å². The van der Waals surface area contributed by atoms with Gasteiger partial charge in [-0.1, -0.05) is 129 Å². The molecule has 0 N–H and O–H groups in total. The third kappa shape index (κ3) is 4.81. The maximum absolute atomic E-state index is 6.42. The van der Waals surface area contributed by atoms with Gasteiger partial charge in [0, 0.05) is 22.5 Å². The van der Waals surface area contributed by atoms with Crippen LogP contribution >= 0.6 is 0 Å². The van der Waals surface area contributed by atoms with Crippen LogP contribution in [-0.2, 0) is 5.41 Å². The minimum absolute atomic E-state index is 0.221. The average molecular weight is 669 g/mol. The van der Waals surface area contributed by atoms with E-state index in [1.165, 1.54) is 49.8 Å². The fraction of sp³-hybridized carbons (Fsp3) is 0.0612. The lowest BCUT2D eigenvalue weighted by Crippen LogP contribution is -2.32. The molecule has 0 aromatic heterocycles. The number of ether oxygens (including phenoxy) is 1. The van der Waals surface area contributed by atoms with Gasteiger partial charge < -0.3 is 14.5 Å². The maximum atomic E-state index is 6.42. The molecular weight excluding hydrogens is 633 g/mol. The Morgan fingerprint density at radius 3 is 1.79 bits per heavy atom. The molecule has 2 aliphatic rings. The maximum Gasteiger partial charge on any atom is 0.151 e. The van der Waals surface area contributed by atoms with Crippen LogP contribution in [0.1, 0.15) is 25.0 Å². The Labute approximate surface area is 304 Å². The van der Waals surface area contributed by atoms with E-state index in [0.29, 0.717) is 0 Å². The van der Waals surface area contributed by atoms with Crippen molar-refractivity contribution in [3.8, 4) is 33.8 Å². The van der Waals surface area contributed by atoms with E-state index in [4.69, 9.17) is 4.74 Å². The monoisotopic (exact) mass is 668 g/mol. The highest BCUT2D eigenvalue weighted by Gasteiger charge is 2.41. The number of nitrogens with zero attached hydrogens (tertiary/aromatic N) is 2. The summed E-state index contributed by atoms with van der Waals surface area (Å²) >= 11 is 0. The number of fused-ring (bicyclic) bond motifs is 5. The fourth-order valence-corrected chi connectivity index (χ4v) is 8.11. The van der Waals surface area contributed by atoms with E-state index in [9.17, 15) is 0 Å². The molecule has 0 bridgehead atoms. The molecule has 0 fully saturated rings. The number of hydrogen-bond acceptors (Lipinski definition) is 3. The molecule has 0 radical (unpaired) electrons. The van der Waals surface area contributed by atoms with Gasteiger partial charge in [-0.3, -0.25) is 0 Å². The summed E-state index contributed by atoms with van der Waals surface area (Å²) in [6.45, 7) is 4.66. The van der Waals surface area contributed by atoms with E-state index >= 15 is 0 Å². The summed E-state index contributed by atoms with van der Waals surface area (Å²) in [5.74, 6) is 1.78. The van der Waals surface area contributed by atoms with E-state index in [1.54, 1.807) is 0 Å². The molecule has 2 aliphatic heterocycles. The van der Waals surface area contributed by atoms with Crippen molar-refractivity contribution < 1.29 is 4.74 Å². The normalized spacial score (nSPS) is 13.5. The highest BCUT2D eigenvalue weighted by Crippen LogP contribution is 2.60. The quantitative estimate of drug-likeness (QED) is 0.182. The Morgan fingerprint density at radius 1 is 0.423 bits per heavy atom. The molecule has 248 valence electrons. The van der Waals surface area contributed by atoms with Gasteiger partial charge >= 0.3 is 0 Å². The summed E-state index contributed by atoms with van der Waals surface area (Å²) in [7, 11) is 0. The topological polar surface area (TPSA) is 15.7 Å². The number of hydrogen-bond donors (Lipinski definition) is 0. The van der Waals surface area contributed by atoms with Crippen LogP contribution in [0.5, 0.6) is 11.5 Å². The summed E-state index contributed by atoms with van der Waals surface area (Å²) in [6.07, 6.45) is 0. The van der Waals surface area contributed by atoms with Crippen LogP contribution in [0.2, 0.25) is 0 Å². The van der Waals surface area contributed by atoms with Crippen molar-refractivity contribution in [3.05, 3.63) is 193 Å². The zero-order valence-corrected chi connectivity index (χ0v) is 29.1. The van der Waals surface area contributed by atoms with Gasteiger partial charge in [-0.05, 0) is 111 Å². The van der Waals surface area contributed by atoms with Crippen molar-refractivity contribution in [1.82, 2.24) is 0 Å². The van der Waals surface area contributed by atoms with Gasteiger partial charge in [-0.2, -0.15) is 0 Å². The molecule has 0 aliphatic carbocycles. The molecule has 0 spiro atoms. The first kappa shape index (κ1) is 30.3. The highest BCUT2D eigenvalue weighted by molar-refractivity contribution is 5.94. The molecule has 3 heteroatoms. The fourth-order valence-electron chi connectivity index (χ4n) is 8.11. The molecule has 10 rings (SSSR count). The molecule has 8 aromatic carbocycles. The van der Waals surface area contributed by atoms with Gasteiger partial charge in [0.25, 0.3) is 0 Å². The molecule has 0 unspecified atom stereocenters. The van der Waals surface area contributed by atoms with Gasteiger partial charge in [-0.15, -0.1) is 0 Å². The highest BCUT2D eigenvalue weighted by atomic mass is 16.5. The van der Waals surface area contributed by atoms with Crippen molar-refractivity contribution in [3.63, 3.8) is 0 Å². The van der Waals surface area contributed by atoms with E-state index in [-0.39, 0.29) is 5.41 Å². The van der Waals surface area contributed by atoms with Gasteiger partial charge in [0.05, 0.1) is 17.1 Å². The zero-order chi connectivity index (χ0) is 34.8. The number of benzene rings is 8. The van der Waals surface area contributed by atoms with Crippen LogP contribution < -0.4 is 14.5 Å². The number of para-hydroxylation sites is 3. The molecule has 0 amide bonds. The van der Waals surface area contributed by atoms with E-state index in [2.05, 4.69) is 200 Å². The first-order chi connectivity index (χ1) is 25.5. The second-order valence-electron chi connectivity index (χ2n) is 14.2. The zero-order valence-electron chi connectivity index (χ0n) is 29.1. The first-order valence-electron chi connectivity index (χ1n) is 17.9. The van der Waals surface area contributed by atoms with E-state index in [1.807, 2.05) is 6.07 Å². The van der Waals surface area contributed by atoms with Crippen LogP contribution in [0.15, 0.2) is 182 Å². The Hall–Kier alpha value is -6.58. The minimum Gasteiger partial charge on any atom is -0.453 e. The second kappa shape index (κ2) is 11.8. The Bertz CT molecular complexity index is 2620.